The van der Waals surface area contributed by atoms with E-state index < -0.39 is 10.0 Å². The van der Waals surface area contributed by atoms with E-state index in [2.05, 4.69) is 10.4 Å². The van der Waals surface area contributed by atoms with E-state index >= 15 is 0 Å². The van der Waals surface area contributed by atoms with Crippen LogP contribution >= 0.6 is 35.3 Å². The largest absolute Gasteiger partial charge is 0.325 e. The molecule has 1 heterocycles. The van der Waals surface area contributed by atoms with Crippen molar-refractivity contribution in [3.63, 3.8) is 0 Å². The van der Waals surface area contributed by atoms with E-state index in [1.807, 2.05) is 30.3 Å². The number of amides is 1. The van der Waals surface area contributed by atoms with Gasteiger partial charge in [-0.15, -0.1) is 5.10 Å². The maximum Gasteiger partial charge on any atom is 0.243 e. The number of rotatable bonds is 9. The molecule has 0 radical (unpaired) electrons. The van der Waals surface area contributed by atoms with Gasteiger partial charge in [-0.05, 0) is 48.6 Å². The molecular formula is C20H22N4O3S4. The summed E-state index contributed by atoms with van der Waals surface area (Å²) in [5.41, 5.74) is 1.41. The Kier molecular flexibility index (Phi) is 8.00. The van der Waals surface area contributed by atoms with Crippen molar-refractivity contribution in [2.24, 2.45) is 0 Å². The summed E-state index contributed by atoms with van der Waals surface area (Å²) in [6.07, 6.45) is 0. The predicted molar refractivity (Wildman–Crippen MR) is 128 cm³/mol. The number of nitrogens with one attached hydrogen (secondary N) is 1. The molecule has 0 spiro atoms. The number of hydrogen-bond acceptors (Lipinski definition) is 7. The summed E-state index contributed by atoms with van der Waals surface area (Å²) in [5, 5.41) is 7.25. The van der Waals surface area contributed by atoms with Gasteiger partial charge in [0.15, 0.2) is 8.29 Å². The SMILES string of the molecule is CCN(CC)S(=O)(=O)c1ccc(NC(=O)CSc2nn(-c3ccccc3)c(=S)s2)cc1. The molecule has 1 N–H and O–H groups in total. The van der Waals surface area contributed by atoms with E-state index in [1.165, 1.54) is 39.5 Å². The van der Waals surface area contributed by atoms with Gasteiger partial charge in [0.1, 0.15) is 0 Å². The van der Waals surface area contributed by atoms with Crippen molar-refractivity contribution in [3.05, 3.63) is 58.6 Å². The summed E-state index contributed by atoms with van der Waals surface area (Å²) in [6.45, 7) is 4.40. The second kappa shape index (κ2) is 10.5. The third kappa shape index (κ3) is 5.80. The van der Waals surface area contributed by atoms with Gasteiger partial charge in [-0.1, -0.05) is 55.1 Å². The highest BCUT2D eigenvalue weighted by atomic mass is 32.2. The molecule has 0 bridgehead atoms. The van der Waals surface area contributed by atoms with Crippen molar-refractivity contribution in [3.8, 4) is 5.69 Å². The highest BCUT2D eigenvalue weighted by molar-refractivity contribution is 8.01. The van der Waals surface area contributed by atoms with Crippen LogP contribution in [0, 0.1) is 3.95 Å². The van der Waals surface area contributed by atoms with Crippen LogP contribution in [0.25, 0.3) is 5.69 Å². The highest BCUT2D eigenvalue weighted by Crippen LogP contribution is 2.24. The lowest BCUT2D eigenvalue weighted by molar-refractivity contribution is -0.113. The van der Waals surface area contributed by atoms with Gasteiger partial charge in [0.05, 0.1) is 16.3 Å². The van der Waals surface area contributed by atoms with Gasteiger partial charge in [0.2, 0.25) is 15.9 Å². The van der Waals surface area contributed by atoms with Crippen molar-refractivity contribution < 1.29 is 13.2 Å². The molecule has 0 saturated heterocycles. The third-order valence-corrected chi connectivity index (χ3v) is 8.77. The number of carbonyl (C=O) groups excluding carboxylic acids is 1. The average molecular weight is 495 g/mol. The van der Waals surface area contributed by atoms with E-state index in [9.17, 15) is 13.2 Å². The van der Waals surface area contributed by atoms with Crippen molar-refractivity contribution in [2.45, 2.75) is 23.1 Å². The monoisotopic (exact) mass is 494 g/mol. The van der Waals surface area contributed by atoms with E-state index in [-0.39, 0.29) is 16.6 Å². The van der Waals surface area contributed by atoms with E-state index in [0.717, 1.165) is 5.69 Å². The smallest absolute Gasteiger partial charge is 0.243 e. The Morgan fingerprint density at radius 1 is 1.13 bits per heavy atom. The van der Waals surface area contributed by atoms with Gasteiger partial charge >= 0.3 is 0 Å². The van der Waals surface area contributed by atoms with Gasteiger partial charge in [-0.25, -0.2) is 13.1 Å². The number of anilines is 1. The standard InChI is InChI=1S/C20H22N4O3S4/c1-3-23(4-2)31(26,27)17-12-10-15(11-13-17)21-18(25)14-29-19-22-24(20(28)30-19)16-8-6-5-7-9-16/h5-13H,3-4,14H2,1-2H3,(H,21,25). The van der Waals surface area contributed by atoms with Crippen LogP contribution in [-0.2, 0) is 14.8 Å². The minimum atomic E-state index is -3.52. The van der Waals surface area contributed by atoms with Crippen LogP contribution in [0.3, 0.4) is 0 Å². The number of benzene rings is 2. The lowest BCUT2D eigenvalue weighted by atomic mass is 10.3. The molecule has 3 aromatic rings. The van der Waals surface area contributed by atoms with Gasteiger partial charge in [0.25, 0.3) is 0 Å². The van der Waals surface area contributed by atoms with Crippen LogP contribution in [0.5, 0.6) is 0 Å². The molecule has 0 atom stereocenters. The maximum atomic E-state index is 12.5. The summed E-state index contributed by atoms with van der Waals surface area (Å²) in [6, 6.07) is 15.8. The number of para-hydroxylation sites is 1. The van der Waals surface area contributed by atoms with Gasteiger partial charge < -0.3 is 5.32 Å². The molecule has 7 nitrogen and oxygen atoms in total. The minimum absolute atomic E-state index is 0.163. The number of nitrogens with zero attached hydrogens (tertiary/aromatic N) is 3. The normalized spacial score (nSPS) is 11.6. The van der Waals surface area contributed by atoms with Crippen LogP contribution in [0.4, 0.5) is 5.69 Å². The minimum Gasteiger partial charge on any atom is -0.325 e. The Balaban J connectivity index is 1.60. The first kappa shape index (κ1) is 23.6. The molecule has 2 aromatic carbocycles. The number of hydrogen-bond donors (Lipinski definition) is 1. The quantitative estimate of drug-likeness (QED) is 0.350. The van der Waals surface area contributed by atoms with Crippen LogP contribution in [0.15, 0.2) is 63.8 Å². The lowest BCUT2D eigenvalue weighted by Gasteiger charge is -2.18. The summed E-state index contributed by atoms with van der Waals surface area (Å²) in [4.78, 5) is 12.5. The van der Waals surface area contributed by atoms with Crippen LogP contribution in [0.1, 0.15) is 13.8 Å². The summed E-state index contributed by atoms with van der Waals surface area (Å²) in [7, 11) is -3.52. The first-order chi connectivity index (χ1) is 14.8. The zero-order valence-electron chi connectivity index (χ0n) is 17.0. The van der Waals surface area contributed by atoms with E-state index in [4.69, 9.17) is 12.2 Å². The van der Waals surface area contributed by atoms with Crippen molar-refractivity contribution in [2.75, 3.05) is 24.2 Å². The fourth-order valence-electron chi connectivity index (χ4n) is 2.80. The average Bonchev–Trinajstić information content (AvgIpc) is 3.14. The van der Waals surface area contributed by atoms with E-state index in [0.29, 0.717) is 27.1 Å². The molecule has 0 fully saturated rings. The molecule has 0 aliphatic rings. The molecule has 11 heteroatoms. The second-order valence-electron chi connectivity index (χ2n) is 6.33. The Bertz CT molecular complexity index is 1190. The topological polar surface area (TPSA) is 84.3 Å². The zero-order valence-corrected chi connectivity index (χ0v) is 20.3. The molecule has 1 aromatic heterocycles. The number of aromatic nitrogens is 2. The number of carbonyl (C=O) groups is 1. The highest BCUT2D eigenvalue weighted by Gasteiger charge is 2.21. The maximum absolute atomic E-state index is 12.5. The number of sulfonamides is 1. The molecular weight excluding hydrogens is 473 g/mol. The molecule has 0 aliphatic heterocycles. The summed E-state index contributed by atoms with van der Waals surface area (Å²) < 4.78 is 29.5. The molecule has 1 amide bonds. The third-order valence-electron chi connectivity index (χ3n) is 4.34. The Morgan fingerprint density at radius 2 is 1.77 bits per heavy atom. The first-order valence-electron chi connectivity index (χ1n) is 9.53. The van der Waals surface area contributed by atoms with Crippen LogP contribution in [0.2, 0.25) is 0 Å². The first-order valence-corrected chi connectivity index (χ1v) is 13.2. The molecule has 164 valence electrons. The van der Waals surface area contributed by atoms with E-state index in [1.54, 1.807) is 30.7 Å². The molecule has 0 aliphatic carbocycles. The Morgan fingerprint density at radius 3 is 2.39 bits per heavy atom. The predicted octanol–water partition coefficient (Wildman–Crippen LogP) is 4.42. The molecule has 0 unspecified atom stereocenters. The zero-order chi connectivity index (χ0) is 22.4. The summed E-state index contributed by atoms with van der Waals surface area (Å²) in [5.74, 6) is -0.0481. The van der Waals surface area contributed by atoms with Crippen LogP contribution < -0.4 is 5.32 Å². The Hall–Kier alpha value is -2.05. The summed E-state index contributed by atoms with van der Waals surface area (Å²) >= 11 is 8.02. The lowest BCUT2D eigenvalue weighted by Crippen LogP contribution is -2.30. The van der Waals surface area contributed by atoms with Crippen LogP contribution in [-0.4, -0.2) is 47.3 Å². The molecule has 3 rings (SSSR count). The Labute approximate surface area is 195 Å². The van der Waals surface area contributed by atoms with Crippen molar-refractivity contribution in [1.29, 1.82) is 0 Å². The second-order valence-corrected chi connectivity index (χ2v) is 11.1. The van der Waals surface area contributed by atoms with Gasteiger partial charge in [-0.3, -0.25) is 4.79 Å². The van der Waals surface area contributed by atoms with Crippen molar-refractivity contribution >= 4 is 56.9 Å². The molecule has 31 heavy (non-hydrogen) atoms. The van der Waals surface area contributed by atoms with Gasteiger partial charge in [0, 0.05) is 18.8 Å². The fraction of sp³-hybridized carbons (Fsp3) is 0.250. The van der Waals surface area contributed by atoms with Crippen molar-refractivity contribution in [1.82, 2.24) is 14.1 Å². The molecule has 0 saturated carbocycles. The number of thioether (sulfide) groups is 1. The van der Waals surface area contributed by atoms with Gasteiger partial charge in [-0.2, -0.15) is 4.31 Å². The fourth-order valence-corrected chi connectivity index (χ4v) is 6.42.